The zero-order valence-electron chi connectivity index (χ0n) is 16.8. The lowest BCUT2D eigenvalue weighted by molar-refractivity contribution is -0.159. The predicted molar refractivity (Wildman–Crippen MR) is 102 cm³/mol. The zero-order valence-corrected chi connectivity index (χ0v) is 16.8. The molecule has 2 heterocycles. The minimum absolute atomic E-state index is 0.0466. The number of carbonyl (C=O) groups excluding carboxylic acids is 1. The number of aromatic nitrogens is 2. The molecule has 1 amide bonds. The molecule has 3 N–H and O–H groups in total. The van der Waals surface area contributed by atoms with Crippen LogP contribution >= 0.6 is 0 Å². The number of hydrogen-bond acceptors (Lipinski definition) is 6. The van der Waals surface area contributed by atoms with Gasteiger partial charge in [0, 0.05) is 37.6 Å². The minimum atomic E-state index is -1.82. The van der Waals surface area contributed by atoms with E-state index in [4.69, 9.17) is 25.1 Å². The van der Waals surface area contributed by atoms with Crippen molar-refractivity contribution in [3.63, 3.8) is 0 Å². The molecule has 0 bridgehead atoms. The fraction of sp³-hybridized carbons (Fsp3) is 0.611. The molecule has 1 fully saturated rings. The van der Waals surface area contributed by atoms with Gasteiger partial charge in [-0.1, -0.05) is 0 Å². The van der Waals surface area contributed by atoms with Crippen LogP contribution in [0.25, 0.3) is 0 Å². The summed E-state index contributed by atoms with van der Waals surface area (Å²) in [6, 6.07) is 1.88. The standard InChI is InChI=1S/C16H25N5O2.C2H2O4/c1-16(2,3)21-10-9-19(15(21)23)8-6-18-12-14(22)20-7-4-5-13(20)11-17;3-1(4)2(5)6/h9-10,13,18H,4-8,12H2,1-3H3;(H,3,4)(H,5,6). The summed E-state index contributed by atoms with van der Waals surface area (Å²) in [6.07, 6.45) is 5.20. The average Bonchev–Trinajstić information content (AvgIpc) is 3.25. The molecule has 0 spiro atoms. The van der Waals surface area contributed by atoms with E-state index in [-0.39, 0.29) is 29.7 Å². The summed E-state index contributed by atoms with van der Waals surface area (Å²) < 4.78 is 3.33. The van der Waals surface area contributed by atoms with Gasteiger partial charge in [-0.05, 0) is 33.6 Å². The second-order valence-electron chi connectivity index (χ2n) is 7.48. The average molecular weight is 409 g/mol. The highest BCUT2D eigenvalue weighted by molar-refractivity contribution is 6.27. The van der Waals surface area contributed by atoms with Crippen LogP contribution in [0.3, 0.4) is 0 Å². The van der Waals surface area contributed by atoms with Gasteiger partial charge in [-0.25, -0.2) is 14.4 Å². The Hall–Kier alpha value is -3.13. The van der Waals surface area contributed by atoms with Crippen LogP contribution < -0.4 is 11.0 Å². The van der Waals surface area contributed by atoms with Crippen LogP contribution in [0.15, 0.2) is 17.2 Å². The second kappa shape index (κ2) is 10.4. The summed E-state index contributed by atoms with van der Waals surface area (Å²) in [6.45, 7) is 7.85. The van der Waals surface area contributed by atoms with Crippen molar-refractivity contribution < 1.29 is 24.6 Å². The zero-order chi connectivity index (χ0) is 22.2. The first-order chi connectivity index (χ1) is 13.5. The van der Waals surface area contributed by atoms with Crippen LogP contribution in [0, 0.1) is 11.3 Å². The van der Waals surface area contributed by atoms with Crippen LogP contribution in [0.4, 0.5) is 0 Å². The number of carboxylic acids is 2. The Morgan fingerprint density at radius 1 is 1.24 bits per heavy atom. The third-order valence-electron chi connectivity index (χ3n) is 4.28. The molecule has 11 nitrogen and oxygen atoms in total. The maximum Gasteiger partial charge on any atom is 0.414 e. The molecule has 0 aliphatic carbocycles. The molecule has 2 rings (SSSR count). The summed E-state index contributed by atoms with van der Waals surface area (Å²) in [5.41, 5.74) is -0.289. The molecule has 1 aliphatic rings. The number of carboxylic acid groups (broad SMARTS) is 2. The molecule has 1 atom stereocenters. The van der Waals surface area contributed by atoms with E-state index >= 15 is 0 Å². The lowest BCUT2D eigenvalue weighted by Crippen LogP contribution is -2.41. The summed E-state index contributed by atoms with van der Waals surface area (Å²) >= 11 is 0. The molecule has 0 saturated carbocycles. The van der Waals surface area contributed by atoms with Crippen LogP contribution in [-0.2, 0) is 26.5 Å². The maximum absolute atomic E-state index is 12.2. The third kappa shape index (κ3) is 7.08. The normalized spacial score (nSPS) is 15.9. The van der Waals surface area contributed by atoms with E-state index < -0.39 is 11.9 Å². The lowest BCUT2D eigenvalue weighted by Gasteiger charge is -2.20. The van der Waals surface area contributed by atoms with Crippen LogP contribution in [0.5, 0.6) is 0 Å². The van der Waals surface area contributed by atoms with Crippen molar-refractivity contribution in [3.05, 3.63) is 22.9 Å². The van der Waals surface area contributed by atoms with Gasteiger partial charge in [0.1, 0.15) is 6.04 Å². The number of rotatable bonds is 5. The summed E-state index contributed by atoms with van der Waals surface area (Å²) in [5, 5.41) is 26.8. The van der Waals surface area contributed by atoms with Crippen molar-refractivity contribution in [1.82, 2.24) is 19.4 Å². The molecule has 0 radical (unpaired) electrons. The van der Waals surface area contributed by atoms with Crippen molar-refractivity contribution in [2.24, 2.45) is 0 Å². The number of nitrogens with one attached hydrogen (secondary N) is 1. The topological polar surface area (TPSA) is 158 Å². The number of likely N-dealkylation sites (tertiary alicyclic amines) is 1. The van der Waals surface area contributed by atoms with Crippen LogP contribution in [0.1, 0.15) is 33.6 Å². The fourth-order valence-corrected chi connectivity index (χ4v) is 2.79. The van der Waals surface area contributed by atoms with Crippen molar-refractivity contribution in [2.45, 2.75) is 51.7 Å². The van der Waals surface area contributed by atoms with Crippen molar-refractivity contribution in [3.8, 4) is 6.07 Å². The lowest BCUT2D eigenvalue weighted by atomic mass is 10.1. The van der Waals surface area contributed by atoms with Gasteiger partial charge in [0.15, 0.2) is 0 Å². The Kier molecular flexibility index (Phi) is 8.59. The molecule has 11 heteroatoms. The fourth-order valence-electron chi connectivity index (χ4n) is 2.79. The van der Waals surface area contributed by atoms with Gasteiger partial charge in [-0.2, -0.15) is 5.26 Å². The Morgan fingerprint density at radius 2 is 1.86 bits per heavy atom. The molecule has 1 aromatic heterocycles. The van der Waals surface area contributed by atoms with E-state index in [1.54, 1.807) is 26.4 Å². The summed E-state index contributed by atoms with van der Waals surface area (Å²) in [5.74, 6) is -3.70. The number of amides is 1. The highest BCUT2D eigenvalue weighted by Crippen LogP contribution is 2.15. The van der Waals surface area contributed by atoms with Gasteiger partial charge in [0.2, 0.25) is 5.91 Å². The van der Waals surface area contributed by atoms with Crippen LogP contribution in [-0.4, -0.2) is 67.8 Å². The summed E-state index contributed by atoms with van der Waals surface area (Å²) in [7, 11) is 0. The van der Waals surface area contributed by atoms with E-state index in [1.807, 2.05) is 20.8 Å². The van der Waals surface area contributed by atoms with Crippen LogP contribution in [0.2, 0.25) is 0 Å². The number of nitriles is 1. The number of nitrogens with zero attached hydrogens (tertiary/aromatic N) is 4. The Morgan fingerprint density at radius 3 is 2.34 bits per heavy atom. The predicted octanol–water partition coefficient (Wildman–Crippen LogP) is -0.335. The minimum Gasteiger partial charge on any atom is -0.473 e. The monoisotopic (exact) mass is 409 g/mol. The number of imidazole rings is 1. The molecule has 160 valence electrons. The molecular weight excluding hydrogens is 382 g/mol. The van der Waals surface area contributed by atoms with Gasteiger partial charge < -0.3 is 20.4 Å². The van der Waals surface area contributed by atoms with Gasteiger partial charge in [0.05, 0.1) is 12.6 Å². The van der Waals surface area contributed by atoms with Gasteiger partial charge in [0.25, 0.3) is 0 Å². The van der Waals surface area contributed by atoms with Crippen molar-refractivity contribution >= 4 is 17.8 Å². The van der Waals surface area contributed by atoms with E-state index in [2.05, 4.69) is 11.4 Å². The molecule has 29 heavy (non-hydrogen) atoms. The number of hydrogen-bond donors (Lipinski definition) is 3. The number of aliphatic carboxylic acids is 2. The van der Waals surface area contributed by atoms with Crippen molar-refractivity contribution in [2.75, 3.05) is 19.6 Å². The molecule has 1 aromatic rings. The van der Waals surface area contributed by atoms with Gasteiger partial charge >= 0.3 is 17.6 Å². The molecular formula is C18H27N5O6. The Bertz CT molecular complexity index is 817. The first-order valence-corrected chi connectivity index (χ1v) is 9.13. The largest absolute Gasteiger partial charge is 0.473 e. The third-order valence-corrected chi connectivity index (χ3v) is 4.28. The molecule has 0 aromatic carbocycles. The quantitative estimate of drug-likeness (QED) is 0.440. The maximum atomic E-state index is 12.2. The highest BCUT2D eigenvalue weighted by Gasteiger charge is 2.27. The van der Waals surface area contributed by atoms with E-state index in [9.17, 15) is 9.59 Å². The Labute approximate surface area is 168 Å². The SMILES string of the molecule is CC(C)(C)n1ccn(CCNCC(=O)N2CCCC2C#N)c1=O.O=C(O)C(=O)O. The van der Waals surface area contributed by atoms with Gasteiger partial charge in [-0.15, -0.1) is 0 Å². The first-order valence-electron chi connectivity index (χ1n) is 9.13. The summed E-state index contributed by atoms with van der Waals surface area (Å²) in [4.78, 5) is 44.1. The number of carbonyl (C=O) groups is 3. The Balaban J connectivity index is 0.000000612. The molecule has 1 unspecified atom stereocenters. The second-order valence-corrected chi connectivity index (χ2v) is 7.48. The smallest absolute Gasteiger partial charge is 0.414 e. The van der Waals surface area contributed by atoms with E-state index in [0.29, 0.717) is 19.6 Å². The van der Waals surface area contributed by atoms with E-state index in [1.165, 1.54) is 0 Å². The van der Waals surface area contributed by atoms with Crippen molar-refractivity contribution in [1.29, 1.82) is 5.26 Å². The highest BCUT2D eigenvalue weighted by atomic mass is 16.4. The molecule has 1 saturated heterocycles. The van der Waals surface area contributed by atoms with Gasteiger partial charge in [-0.3, -0.25) is 13.9 Å². The van der Waals surface area contributed by atoms with E-state index in [0.717, 1.165) is 12.8 Å². The first kappa shape index (κ1) is 23.9. The molecule has 1 aliphatic heterocycles.